The first-order valence-corrected chi connectivity index (χ1v) is 4.87. The summed E-state index contributed by atoms with van der Waals surface area (Å²) < 4.78 is 0. The highest BCUT2D eigenvalue weighted by Gasteiger charge is 2.45. The fourth-order valence-electron chi connectivity index (χ4n) is 3.03. The van der Waals surface area contributed by atoms with Gasteiger partial charge in [-0.05, 0) is 30.1 Å². The summed E-state index contributed by atoms with van der Waals surface area (Å²) in [5, 5.41) is 0. The molecule has 0 aliphatic heterocycles. The van der Waals surface area contributed by atoms with Crippen LogP contribution >= 0.6 is 0 Å². The van der Waals surface area contributed by atoms with E-state index >= 15 is 0 Å². The van der Waals surface area contributed by atoms with Crippen LogP contribution in [0.5, 0.6) is 0 Å². The number of rotatable bonds is 2. The van der Waals surface area contributed by atoms with E-state index in [9.17, 15) is 4.79 Å². The fourth-order valence-corrected chi connectivity index (χ4v) is 3.03. The molecule has 0 aromatic heterocycles. The summed E-state index contributed by atoms with van der Waals surface area (Å²) in [4.78, 5) is 10.9. The number of hydrogen-bond donors (Lipinski definition) is 0. The first-order chi connectivity index (χ1) is 5.74. The Morgan fingerprint density at radius 2 is 2.00 bits per heavy atom. The minimum Gasteiger partial charge on any atom is -0.303 e. The van der Waals surface area contributed by atoms with Gasteiger partial charge in [0, 0.05) is 5.92 Å². The van der Waals surface area contributed by atoms with Crippen molar-refractivity contribution in [2.24, 2.45) is 29.6 Å². The molecule has 0 aromatic rings. The zero-order valence-corrected chi connectivity index (χ0v) is 7.73. The highest BCUT2D eigenvalue weighted by molar-refractivity contribution is 5.57. The molecule has 2 rings (SSSR count). The van der Waals surface area contributed by atoms with Gasteiger partial charge in [0.15, 0.2) is 0 Å². The van der Waals surface area contributed by atoms with E-state index in [2.05, 4.69) is 26.0 Å². The second kappa shape index (κ2) is 2.72. The van der Waals surface area contributed by atoms with E-state index in [4.69, 9.17) is 0 Å². The summed E-state index contributed by atoms with van der Waals surface area (Å²) in [7, 11) is 0. The lowest BCUT2D eigenvalue weighted by Crippen LogP contribution is -2.25. The van der Waals surface area contributed by atoms with Crippen molar-refractivity contribution in [3.63, 3.8) is 0 Å². The molecule has 2 aliphatic carbocycles. The van der Waals surface area contributed by atoms with E-state index in [1.807, 2.05) is 0 Å². The Bertz CT molecular complexity index is 217. The van der Waals surface area contributed by atoms with Crippen molar-refractivity contribution >= 4 is 6.29 Å². The van der Waals surface area contributed by atoms with Crippen LogP contribution in [0.25, 0.3) is 0 Å². The minimum absolute atomic E-state index is 0.319. The highest BCUT2D eigenvalue weighted by atomic mass is 16.1. The number of carbonyl (C=O) groups excluding carboxylic acids is 1. The Balaban J connectivity index is 2.22. The number of carbonyl (C=O) groups is 1. The maximum atomic E-state index is 10.9. The van der Waals surface area contributed by atoms with Crippen LogP contribution < -0.4 is 0 Å². The van der Waals surface area contributed by atoms with Gasteiger partial charge in [0.05, 0.1) is 0 Å². The molecule has 0 amide bonds. The quantitative estimate of drug-likeness (QED) is 0.452. The number of hydrogen-bond acceptors (Lipinski definition) is 1. The lowest BCUT2D eigenvalue weighted by atomic mass is 9.77. The van der Waals surface area contributed by atoms with Gasteiger partial charge in [-0.15, -0.1) is 0 Å². The van der Waals surface area contributed by atoms with Gasteiger partial charge in [-0.1, -0.05) is 26.0 Å². The van der Waals surface area contributed by atoms with Crippen LogP contribution in [0.1, 0.15) is 20.3 Å². The molecule has 0 saturated heterocycles. The maximum Gasteiger partial charge on any atom is 0.123 e. The molecule has 12 heavy (non-hydrogen) atoms. The van der Waals surface area contributed by atoms with Gasteiger partial charge in [0.2, 0.25) is 0 Å². The number of allylic oxidation sites excluding steroid dienone is 2. The first kappa shape index (κ1) is 8.03. The average molecular weight is 164 g/mol. The number of aldehydes is 1. The second-order valence-electron chi connectivity index (χ2n) is 4.48. The summed E-state index contributed by atoms with van der Waals surface area (Å²) >= 11 is 0. The molecule has 1 saturated carbocycles. The molecule has 1 nitrogen and oxygen atoms in total. The summed E-state index contributed by atoms with van der Waals surface area (Å²) in [6, 6.07) is 0. The molecule has 0 radical (unpaired) electrons. The molecule has 1 fully saturated rings. The lowest BCUT2D eigenvalue weighted by molar-refractivity contribution is -0.113. The standard InChI is InChI=1S/C11H16O/c1-7(2)11-9-4-3-8(5-9)10(11)6-12/h3-4,6-11H,5H2,1-2H3/t8-,9+,10+,11+/m0/s1. The van der Waals surface area contributed by atoms with Crippen molar-refractivity contribution in [3.05, 3.63) is 12.2 Å². The first-order valence-electron chi connectivity index (χ1n) is 4.87. The molecule has 2 aliphatic rings. The van der Waals surface area contributed by atoms with Crippen LogP contribution in [0.3, 0.4) is 0 Å². The summed E-state index contributed by atoms with van der Waals surface area (Å²) in [6.07, 6.45) is 6.96. The van der Waals surface area contributed by atoms with Crippen LogP contribution in [-0.2, 0) is 4.79 Å². The molecule has 66 valence electrons. The van der Waals surface area contributed by atoms with E-state index in [0.717, 1.165) is 0 Å². The predicted octanol–water partition coefficient (Wildman–Crippen LogP) is 2.28. The van der Waals surface area contributed by atoms with Gasteiger partial charge >= 0.3 is 0 Å². The third-order valence-corrected chi connectivity index (χ3v) is 3.51. The molecular formula is C11H16O. The molecule has 4 atom stereocenters. The number of fused-ring (bicyclic) bond motifs is 2. The van der Waals surface area contributed by atoms with Crippen molar-refractivity contribution in [3.8, 4) is 0 Å². The van der Waals surface area contributed by atoms with E-state index in [1.54, 1.807) is 0 Å². The van der Waals surface area contributed by atoms with Gasteiger partial charge in [-0.2, -0.15) is 0 Å². The van der Waals surface area contributed by atoms with Gasteiger partial charge in [0.1, 0.15) is 6.29 Å². The Morgan fingerprint density at radius 3 is 2.50 bits per heavy atom. The molecule has 2 bridgehead atoms. The predicted molar refractivity (Wildman–Crippen MR) is 48.6 cm³/mol. The highest BCUT2D eigenvalue weighted by Crippen LogP contribution is 2.49. The summed E-state index contributed by atoms with van der Waals surface area (Å²) in [5.74, 6) is 2.86. The zero-order valence-electron chi connectivity index (χ0n) is 7.73. The van der Waals surface area contributed by atoms with Crippen LogP contribution in [0, 0.1) is 29.6 Å². The largest absolute Gasteiger partial charge is 0.303 e. The van der Waals surface area contributed by atoms with Crippen molar-refractivity contribution in [2.45, 2.75) is 20.3 Å². The van der Waals surface area contributed by atoms with Gasteiger partial charge < -0.3 is 4.79 Å². The van der Waals surface area contributed by atoms with Gasteiger partial charge in [-0.3, -0.25) is 0 Å². The molecule has 0 unspecified atom stereocenters. The van der Waals surface area contributed by atoms with E-state index in [0.29, 0.717) is 29.6 Å². The van der Waals surface area contributed by atoms with Crippen molar-refractivity contribution in [1.29, 1.82) is 0 Å². The lowest BCUT2D eigenvalue weighted by Gasteiger charge is -2.27. The van der Waals surface area contributed by atoms with E-state index in [1.165, 1.54) is 12.7 Å². The van der Waals surface area contributed by atoms with Crippen molar-refractivity contribution in [1.82, 2.24) is 0 Å². The molecule has 0 aromatic carbocycles. The summed E-state index contributed by atoms with van der Waals surface area (Å²) in [6.45, 7) is 4.46. The average Bonchev–Trinajstić information content (AvgIpc) is 2.60. The van der Waals surface area contributed by atoms with E-state index < -0.39 is 0 Å². The molecular weight excluding hydrogens is 148 g/mol. The van der Waals surface area contributed by atoms with Crippen molar-refractivity contribution in [2.75, 3.05) is 0 Å². The van der Waals surface area contributed by atoms with Gasteiger partial charge in [-0.25, -0.2) is 0 Å². The normalized spacial score (nSPS) is 44.2. The molecule has 0 N–H and O–H groups in total. The molecule has 1 heteroatoms. The third kappa shape index (κ3) is 0.954. The fraction of sp³-hybridized carbons (Fsp3) is 0.727. The van der Waals surface area contributed by atoms with Crippen LogP contribution in [0.4, 0.5) is 0 Å². The summed E-state index contributed by atoms with van der Waals surface area (Å²) in [5.41, 5.74) is 0. The van der Waals surface area contributed by atoms with Gasteiger partial charge in [0.25, 0.3) is 0 Å². The monoisotopic (exact) mass is 164 g/mol. The zero-order chi connectivity index (χ0) is 8.72. The maximum absolute atomic E-state index is 10.9. The second-order valence-corrected chi connectivity index (χ2v) is 4.48. The topological polar surface area (TPSA) is 17.1 Å². The minimum atomic E-state index is 0.319. The Hall–Kier alpha value is -0.590. The van der Waals surface area contributed by atoms with Crippen LogP contribution in [0.2, 0.25) is 0 Å². The Labute approximate surface area is 73.8 Å². The Morgan fingerprint density at radius 1 is 1.33 bits per heavy atom. The SMILES string of the molecule is CC(C)[C@H]1[C@H](C=O)[C@H]2C=C[C@@H]1C2. The van der Waals surface area contributed by atoms with E-state index in [-0.39, 0.29) is 0 Å². The molecule has 0 spiro atoms. The van der Waals surface area contributed by atoms with Crippen LogP contribution in [-0.4, -0.2) is 6.29 Å². The Kier molecular flexibility index (Phi) is 1.82. The van der Waals surface area contributed by atoms with Crippen molar-refractivity contribution < 1.29 is 4.79 Å². The third-order valence-electron chi connectivity index (χ3n) is 3.51. The smallest absolute Gasteiger partial charge is 0.123 e. The van der Waals surface area contributed by atoms with Crippen LogP contribution in [0.15, 0.2) is 12.2 Å². The molecule has 0 heterocycles.